The third-order valence-electron chi connectivity index (χ3n) is 4.00. The molecule has 1 N–H and O–H groups in total. The summed E-state index contributed by atoms with van der Waals surface area (Å²) in [6, 6.07) is 1.72. The molecule has 0 bridgehead atoms. The van der Waals surface area contributed by atoms with Gasteiger partial charge in [0.15, 0.2) is 0 Å². The number of ether oxygens (including phenoxy) is 1. The zero-order chi connectivity index (χ0) is 16.7. The second kappa shape index (κ2) is 8.27. The summed E-state index contributed by atoms with van der Waals surface area (Å²) in [4.78, 5) is 20.7. The largest absolute Gasteiger partial charge is 0.497 e. The number of carbonyl (C=O) groups is 1. The summed E-state index contributed by atoms with van der Waals surface area (Å²) in [6.45, 7) is 7.53. The van der Waals surface area contributed by atoms with Crippen molar-refractivity contribution in [2.45, 2.75) is 32.1 Å². The van der Waals surface area contributed by atoms with E-state index in [-0.39, 0.29) is 11.8 Å². The first kappa shape index (κ1) is 16.9. The van der Waals surface area contributed by atoms with Crippen LogP contribution in [0.1, 0.15) is 37.8 Å². The molecule has 1 amide bonds. The molecule has 0 unspecified atom stereocenters. The van der Waals surface area contributed by atoms with Gasteiger partial charge in [-0.3, -0.25) is 4.79 Å². The van der Waals surface area contributed by atoms with Gasteiger partial charge in [0.05, 0.1) is 12.8 Å². The van der Waals surface area contributed by atoms with E-state index in [0.717, 1.165) is 25.7 Å². The lowest BCUT2D eigenvalue weighted by Gasteiger charge is -2.20. The molecule has 1 aliphatic carbocycles. The molecule has 122 valence electrons. The summed E-state index contributed by atoms with van der Waals surface area (Å²) in [5.74, 6) is 1.09. The van der Waals surface area contributed by atoms with Crippen molar-refractivity contribution in [2.24, 2.45) is 5.92 Å². The molecule has 0 aromatic carbocycles. The molecule has 2 rings (SSSR count). The van der Waals surface area contributed by atoms with Gasteiger partial charge in [0.25, 0.3) is 0 Å². The molecule has 1 aromatic heterocycles. The number of hydrogen-bond acceptors (Lipinski definition) is 4. The summed E-state index contributed by atoms with van der Waals surface area (Å²) >= 11 is 0. The fraction of sp³-hybridized carbons (Fsp3) is 0.389. The molecule has 5 nitrogen and oxygen atoms in total. The number of rotatable bonds is 6. The third-order valence-corrected chi connectivity index (χ3v) is 4.00. The van der Waals surface area contributed by atoms with Gasteiger partial charge in [-0.1, -0.05) is 38.5 Å². The molecule has 1 heterocycles. The summed E-state index contributed by atoms with van der Waals surface area (Å²) < 4.78 is 5.18. The van der Waals surface area contributed by atoms with Gasteiger partial charge in [0, 0.05) is 17.6 Å². The monoisotopic (exact) mass is 313 g/mol. The number of nitrogens with one attached hydrogen (secondary N) is 1. The first-order valence-electron chi connectivity index (χ1n) is 7.85. The lowest BCUT2D eigenvalue weighted by molar-refractivity contribution is -0.120. The molecule has 0 aliphatic heterocycles. The van der Waals surface area contributed by atoms with Crippen molar-refractivity contribution < 1.29 is 9.53 Å². The van der Waals surface area contributed by atoms with E-state index >= 15 is 0 Å². The van der Waals surface area contributed by atoms with Crippen LogP contribution in [0.5, 0.6) is 0 Å². The van der Waals surface area contributed by atoms with Crippen LogP contribution in [0.3, 0.4) is 0 Å². The van der Waals surface area contributed by atoms with E-state index in [2.05, 4.69) is 28.4 Å². The molecule has 1 saturated carbocycles. The molecule has 1 fully saturated rings. The average molecular weight is 313 g/mol. The molecule has 0 saturated heterocycles. The molecule has 0 radical (unpaired) electrons. The van der Waals surface area contributed by atoms with Crippen LogP contribution in [0.2, 0.25) is 0 Å². The quantitative estimate of drug-likeness (QED) is 0.642. The highest BCUT2D eigenvalue weighted by atomic mass is 16.5. The number of anilines is 1. The minimum atomic E-state index is 0.0363. The lowest BCUT2D eigenvalue weighted by atomic mass is 9.89. The van der Waals surface area contributed by atoms with Gasteiger partial charge < -0.3 is 10.1 Å². The Labute approximate surface area is 137 Å². The fourth-order valence-corrected chi connectivity index (χ4v) is 2.72. The maximum atomic E-state index is 12.3. The van der Waals surface area contributed by atoms with Crippen LogP contribution in [-0.2, 0) is 9.53 Å². The highest BCUT2D eigenvalue weighted by Gasteiger charge is 2.21. The predicted octanol–water partition coefficient (Wildman–Crippen LogP) is 3.72. The maximum absolute atomic E-state index is 12.3. The number of methoxy groups -OCH3 is 1. The van der Waals surface area contributed by atoms with Crippen LogP contribution in [-0.4, -0.2) is 23.0 Å². The zero-order valence-corrected chi connectivity index (χ0v) is 13.5. The van der Waals surface area contributed by atoms with Crippen molar-refractivity contribution in [3.63, 3.8) is 0 Å². The highest BCUT2D eigenvalue weighted by Crippen LogP contribution is 2.26. The van der Waals surface area contributed by atoms with Crippen LogP contribution in [0.4, 0.5) is 5.82 Å². The van der Waals surface area contributed by atoms with Crippen molar-refractivity contribution in [2.75, 3.05) is 12.4 Å². The summed E-state index contributed by atoms with van der Waals surface area (Å²) in [5.41, 5.74) is 1.34. The Balaban J connectivity index is 2.15. The Kier molecular flexibility index (Phi) is 6.09. The number of carbonyl (C=O) groups excluding carboxylic acids is 1. The number of aromatic nitrogens is 2. The second-order valence-corrected chi connectivity index (χ2v) is 5.56. The van der Waals surface area contributed by atoms with Crippen LogP contribution in [0.25, 0.3) is 5.57 Å². The summed E-state index contributed by atoms with van der Waals surface area (Å²) in [6.07, 6.45) is 10.2. The van der Waals surface area contributed by atoms with E-state index in [1.807, 2.05) is 0 Å². The Morgan fingerprint density at radius 3 is 2.74 bits per heavy atom. The minimum absolute atomic E-state index is 0.0363. The van der Waals surface area contributed by atoms with Crippen molar-refractivity contribution in [3.8, 4) is 0 Å². The maximum Gasteiger partial charge on any atom is 0.228 e. The first-order chi connectivity index (χ1) is 11.2. The Bertz CT molecular complexity index is 616. The Hall–Kier alpha value is -2.43. The van der Waals surface area contributed by atoms with Gasteiger partial charge in [-0.2, -0.15) is 0 Å². The van der Waals surface area contributed by atoms with Crippen molar-refractivity contribution in [3.05, 3.63) is 49.2 Å². The predicted molar refractivity (Wildman–Crippen MR) is 91.6 cm³/mol. The van der Waals surface area contributed by atoms with E-state index in [1.54, 1.807) is 25.3 Å². The van der Waals surface area contributed by atoms with E-state index in [0.29, 0.717) is 22.8 Å². The van der Waals surface area contributed by atoms with Crippen molar-refractivity contribution in [1.82, 2.24) is 9.97 Å². The standard InChI is InChI=1S/C18H23N3O2/c1-4-8-15(13(2)23-3)16-11-17(20-12-19-16)21-18(22)14-9-6-5-7-10-14/h4,8,11-12,14H,1-2,5-7,9-10H2,3H3,(H,19,20,21,22)/b15-8+. The normalized spacial score (nSPS) is 15.8. The van der Waals surface area contributed by atoms with Crippen molar-refractivity contribution >= 4 is 17.3 Å². The van der Waals surface area contributed by atoms with Gasteiger partial charge in [-0.05, 0) is 18.9 Å². The molecule has 5 heteroatoms. The molecule has 1 aliphatic rings. The number of nitrogens with zero attached hydrogens (tertiary/aromatic N) is 2. The first-order valence-corrected chi connectivity index (χ1v) is 7.85. The van der Waals surface area contributed by atoms with Gasteiger partial charge in [-0.25, -0.2) is 9.97 Å². The summed E-state index contributed by atoms with van der Waals surface area (Å²) in [5, 5.41) is 2.89. The SMILES string of the molecule is C=C/C=C(\C(=C)OC)c1cc(NC(=O)C2CCCCC2)ncn1. The number of hydrogen-bond donors (Lipinski definition) is 1. The van der Waals surface area contributed by atoms with E-state index < -0.39 is 0 Å². The third kappa shape index (κ3) is 4.52. The molecule has 1 aromatic rings. The van der Waals surface area contributed by atoms with Crippen LogP contribution in [0, 0.1) is 5.92 Å². The Morgan fingerprint density at radius 1 is 1.35 bits per heavy atom. The average Bonchev–Trinajstić information content (AvgIpc) is 2.60. The molecule has 23 heavy (non-hydrogen) atoms. The van der Waals surface area contributed by atoms with Crippen LogP contribution < -0.4 is 5.32 Å². The smallest absolute Gasteiger partial charge is 0.228 e. The van der Waals surface area contributed by atoms with Crippen molar-refractivity contribution in [1.29, 1.82) is 0 Å². The van der Waals surface area contributed by atoms with Gasteiger partial charge in [0.1, 0.15) is 17.9 Å². The molecular formula is C18H23N3O2. The number of amides is 1. The summed E-state index contributed by atoms with van der Waals surface area (Å²) in [7, 11) is 1.55. The van der Waals surface area contributed by atoms with E-state index in [9.17, 15) is 4.79 Å². The van der Waals surface area contributed by atoms with Gasteiger partial charge >= 0.3 is 0 Å². The van der Waals surface area contributed by atoms with E-state index in [4.69, 9.17) is 4.74 Å². The second-order valence-electron chi connectivity index (χ2n) is 5.56. The lowest BCUT2D eigenvalue weighted by Crippen LogP contribution is -2.25. The zero-order valence-electron chi connectivity index (χ0n) is 13.5. The molecular weight excluding hydrogens is 290 g/mol. The van der Waals surface area contributed by atoms with E-state index in [1.165, 1.54) is 12.7 Å². The minimum Gasteiger partial charge on any atom is -0.497 e. The fourth-order valence-electron chi connectivity index (χ4n) is 2.72. The highest BCUT2D eigenvalue weighted by molar-refractivity contribution is 5.92. The van der Waals surface area contributed by atoms with Gasteiger partial charge in [-0.15, -0.1) is 0 Å². The van der Waals surface area contributed by atoms with Crippen LogP contribution >= 0.6 is 0 Å². The topological polar surface area (TPSA) is 64.1 Å². The number of allylic oxidation sites excluding steroid dienone is 3. The van der Waals surface area contributed by atoms with Crippen LogP contribution in [0.15, 0.2) is 43.5 Å². The van der Waals surface area contributed by atoms with Gasteiger partial charge in [0.2, 0.25) is 5.91 Å². The molecule has 0 atom stereocenters. The Morgan fingerprint density at radius 2 is 2.09 bits per heavy atom. The molecule has 0 spiro atoms.